The quantitative estimate of drug-likeness (QED) is 0.600. The molecule has 1 aliphatic rings. The van der Waals surface area contributed by atoms with Crippen LogP contribution in [0, 0.1) is 5.92 Å². The summed E-state index contributed by atoms with van der Waals surface area (Å²) in [5.74, 6) is 0.704. The van der Waals surface area contributed by atoms with Crippen molar-refractivity contribution in [1.82, 2.24) is 0 Å². The molecule has 0 saturated carbocycles. The second-order valence-electron chi connectivity index (χ2n) is 3.23. The maximum absolute atomic E-state index is 5.61. The van der Waals surface area contributed by atoms with Crippen LogP contribution < -0.4 is 0 Å². The Hall–Kier alpha value is 0.440. The molecule has 0 amide bonds. The Bertz CT molecular complexity index is 114. The highest BCUT2D eigenvalue weighted by Gasteiger charge is 2.32. The van der Waals surface area contributed by atoms with E-state index in [1.54, 1.807) is 0 Å². The van der Waals surface area contributed by atoms with Crippen molar-refractivity contribution in [3.63, 3.8) is 0 Å². The fraction of sp³-hybridized carbons (Fsp3) is 1.00. The van der Waals surface area contributed by atoms with Crippen LogP contribution >= 0.6 is 15.9 Å². The van der Waals surface area contributed by atoms with Crippen molar-refractivity contribution < 1.29 is 4.74 Å². The van der Waals surface area contributed by atoms with E-state index in [1.807, 2.05) is 0 Å². The number of rotatable bonds is 1. The molecule has 0 radical (unpaired) electrons. The lowest BCUT2D eigenvalue weighted by Gasteiger charge is -2.15. The Balaban J connectivity index is 2.46. The van der Waals surface area contributed by atoms with Crippen molar-refractivity contribution in [2.45, 2.75) is 44.2 Å². The smallest absolute Gasteiger partial charge is 0.0590 e. The van der Waals surface area contributed by atoms with E-state index in [9.17, 15) is 0 Å². The maximum Gasteiger partial charge on any atom is 0.0590 e. The van der Waals surface area contributed by atoms with E-state index >= 15 is 0 Å². The van der Waals surface area contributed by atoms with Gasteiger partial charge in [0.2, 0.25) is 0 Å². The first-order chi connectivity index (χ1) is 4.61. The monoisotopic (exact) mass is 206 g/mol. The highest BCUT2D eigenvalue weighted by molar-refractivity contribution is 9.09. The fourth-order valence-corrected chi connectivity index (χ4v) is 2.30. The second-order valence-corrected chi connectivity index (χ2v) is 4.67. The second kappa shape index (κ2) is 3.22. The van der Waals surface area contributed by atoms with Crippen LogP contribution in [0.2, 0.25) is 0 Å². The molecular formula is C8H15BrO. The first-order valence-corrected chi connectivity index (χ1v) is 4.82. The molecule has 4 unspecified atom stereocenters. The zero-order chi connectivity index (χ0) is 7.72. The summed E-state index contributed by atoms with van der Waals surface area (Å²) in [6.07, 6.45) is 2.09. The minimum absolute atomic E-state index is 0.435. The molecule has 0 aromatic carbocycles. The van der Waals surface area contributed by atoms with Gasteiger partial charge in [-0.2, -0.15) is 0 Å². The largest absolute Gasteiger partial charge is 0.375 e. The fourth-order valence-electron chi connectivity index (χ4n) is 1.66. The van der Waals surface area contributed by atoms with Gasteiger partial charge in [-0.1, -0.05) is 22.9 Å². The highest BCUT2D eigenvalue weighted by atomic mass is 79.9. The van der Waals surface area contributed by atoms with Crippen LogP contribution in [0.25, 0.3) is 0 Å². The normalized spacial score (nSPS) is 43.8. The predicted molar refractivity (Wildman–Crippen MR) is 46.5 cm³/mol. The molecule has 1 nitrogen and oxygen atoms in total. The molecule has 1 saturated heterocycles. The van der Waals surface area contributed by atoms with Crippen LogP contribution in [0.3, 0.4) is 0 Å². The Morgan fingerprint density at radius 2 is 2.10 bits per heavy atom. The van der Waals surface area contributed by atoms with Crippen molar-refractivity contribution in [3.05, 3.63) is 0 Å². The van der Waals surface area contributed by atoms with Gasteiger partial charge in [0.25, 0.3) is 0 Å². The van der Waals surface area contributed by atoms with Gasteiger partial charge in [0.15, 0.2) is 0 Å². The zero-order valence-corrected chi connectivity index (χ0v) is 8.39. The van der Waals surface area contributed by atoms with E-state index in [-0.39, 0.29) is 0 Å². The summed E-state index contributed by atoms with van der Waals surface area (Å²) >= 11 is 3.59. The molecule has 2 heteroatoms. The molecule has 0 bridgehead atoms. The van der Waals surface area contributed by atoms with Crippen LogP contribution in [0.1, 0.15) is 27.2 Å². The molecule has 0 aliphatic carbocycles. The van der Waals surface area contributed by atoms with E-state index in [0.717, 1.165) is 0 Å². The number of alkyl halides is 1. The van der Waals surface area contributed by atoms with Gasteiger partial charge < -0.3 is 4.74 Å². The van der Waals surface area contributed by atoms with E-state index in [4.69, 9.17) is 4.74 Å². The summed E-state index contributed by atoms with van der Waals surface area (Å²) < 4.78 is 5.61. The van der Waals surface area contributed by atoms with E-state index < -0.39 is 0 Å². The van der Waals surface area contributed by atoms with Crippen LogP contribution in [-0.2, 0) is 4.74 Å². The lowest BCUT2D eigenvalue weighted by molar-refractivity contribution is 0.0564. The molecular weight excluding hydrogens is 192 g/mol. The molecule has 0 aromatic rings. The SMILES string of the molecule is CC1CC(C(C)Br)C(C)O1. The average molecular weight is 207 g/mol. The Morgan fingerprint density at radius 1 is 1.50 bits per heavy atom. The highest BCUT2D eigenvalue weighted by Crippen LogP contribution is 2.31. The Kier molecular flexibility index (Phi) is 2.75. The summed E-state index contributed by atoms with van der Waals surface area (Å²) in [5, 5.41) is 0. The minimum Gasteiger partial charge on any atom is -0.375 e. The third-order valence-electron chi connectivity index (χ3n) is 2.24. The molecule has 60 valence electrons. The van der Waals surface area contributed by atoms with Gasteiger partial charge in [0.1, 0.15) is 0 Å². The number of hydrogen-bond acceptors (Lipinski definition) is 1. The first kappa shape index (κ1) is 8.54. The van der Waals surface area contributed by atoms with E-state index in [0.29, 0.717) is 23.0 Å². The third kappa shape index (κ3) is 1.73. The first-order valence-electron chi connectivity index (χ1n) is 3.90. The molecule has 1 aliphatic heterocycles. The van der Waals surface area contributed by atoms with Crippen molar-refractivity contribution in [2.75, 3.05) is 0 Å². The number of halogens is 1. The molecule has 1 fully saturated rings. The van der Waals surface area contributed by atoms with Crippen molar-refractivity contribution in [1.29, 1.82) is 0 Å². The van der Waals surface area contributed by atoms with E-state index in [2.05, 4.69) is 36.7 Å². The molecule has 10 heavy (non-hydrogen) atoms. The van der Waals surface area contributed by atoms with Gasteiger partial charge in [0, 0.05) is 4.83 Å². The summed E-state index contributed by atoms with van der Waals surface area (Å²) in [4.78, 5) is 0.590. The van der Waals surface area contributed by atoms with Crippen LogP contribution in [0.5, 0.6) is 0 Å². The van der Waals surface area contributed by atoms with Crippen LogP contribution in [0.15, 0.2) is 0 Å². The van der Waals surface area contributed by atoms with Crippen molar-refractivity contribution >= 4 is 15.9 Å². The van der Waals surface area contributed by atoms with Crippen LogP contribution in [0.4, 0.5) is 0 Å². The Morgan fingerprint density at radius 3 is 2.30 bits per heavy atom. The Labute approximate surface area is 71.3 Å². The molecule has 0 spiro atoms. The summed E-state index contributed by atoms with van der Waals surface area (Å²) in [6, 6.07) is 0. The summed E-state index contributed by atoms with van der Waals surface area (Å²) in [5.41, 5.74) is 0. The van der Waals surface area contributed by atoms with E-state index in [1.165, 1.54) is 6.42 Å². The summed E-state index contributed by atoms with van der Waals surface area (Å²) in [7, 11) is 0. The van der Waals surface area contributed by atoms with Gasteiger partial charge in [-0.3, -0.25) is 0 Å². The van der Waals surface area contributed by atoms with Crippen molar-refractivity contribution in [2.24, 2.45) is 5.92 Å². The van der Waals surface area contributed by atoms with Crippen LogP contribution in [-0.4, -0.2) is 17.0 Å². The standard InChI is InChI=1S/C8H15BrO/c1-5-4-8(6(2)9)7(3)10-5/h5-8H,4H2,1-3H3. The molecule has 0 N–H and O–H groups in total. The number of hydrogen-bond donors (Lipinski definition) is 0. The summed E-state index contributed by atoms with van der Waals surface area (Å²) in [6.45, 7) is 6.50. The molecule has 1 heterocycles. The molecule has 1 rings (SSSR count). The zero-order valence-electron chi connectivity index (χ0n) is 6.80. The molecule has 0 aromatic heterocycles. The topological polar surface area (TPSA) is 9.23 Å². The average Bonchev–Trinajstić information content (AvgIpc) is 2.10. The minimum atomic E-state index is 0.435. The lowest BCUT2D eigenvalue weighted by atomic mass is 9.98. The van der Waals surface area contributed by atoms with Gasteiger partial charge in [-0.15, -0.1) is 0 Å². The van der Waals surface area contributed by atoms with Gasteiger partial charge >= 0.3 is 0 Å². The third-order valence-corrected chi connectivity index (χ3v) is 2.92. The maximum atomic E-state index is 5.61. The van der Waals surface area contributed by atoms with Gasteiger partial charge in [-0.05, 0) is 26.2 Å². The lowest BCUT2D eigenvalue weighted by Crippen LogP contribution is -2.18. The van der Waals surface area contributed by atoms with Crippen molar-refractivity contribution in [3.8, 4) is 0 Å². The predicted octanol–water partition coefficient (Wildman–Crippen LogP) is 2.58. The van der Waals surface area contributed by atoms with Gasteiger partial charge in [0.05, 0.1) is 12.2 Å². The van der Waals surface area contributed by atoms with Gasteiger partial charge in [-0.25, -0.2) is 0 Å². The number of ether oxygens (including phenoxy) is 1. The molecule has 4 atom stereocenters.